The van der Waals surface area contributed by atoms with Crippen LogP contribution in [0.4, 0.5) is 0 Å². The van der Waals surface area contributed by atoms with E-state index in [0.717, 1.165) is 17.1 Å². The number of rotatable bonds is 5. The molecule has 5 heteroatoms. The highest BCUT2D eigenvalue weighted by Gasteiger charge is 2.06. The molecule has 18 heavy (non-hydrogen) atoms. The first-order chi connectivity index (χ1) is 8.66. The summed E-state index contributed by atoms with van der Waals surface area (Å²) < 4.78 is 5.61. The summed E-state index contributed by atoms with van der Waals surface area (Å²) in [4.78, 5) is 4.44. The lowest BCUT2D eigenvalue weighted by atomic mass is 10.3. The van der Waals surface area contributed by atoms with Crippen LogP contribution in [0.15, 0.2) is 29.6 Å². The molecule has 1 aromatic carbocycles. The number of benzene rings is 1. The maximum atomic E-state index is 6.00. The van der Waals surface area contributed by atoms with E-state index in [9.17, 15) is 0 Å². The Bertz CT molecular complexity index is 513. The molecule has 96 valence electrons. The lowest BCUT2D eigenvalue weighted by Gasteiger charge is -2.06. The zero-order valence-electron chi connectivity index (χ0n) is 10.1. The number of para-hydroxylation sites is 1. The molecule has 3 nitrogen and oxygen atoms in total. The summed E-state index contributed by atoms with van der Waals surface area (Å²) in [6.07, 6.45) is 0.766. The van der Waals surface area contributed by atoms with Crippen LogP contribution < -0.4 is 10.5 Å². The predicted molar refractivity (Wildman–Crippen MR) is 75.4 cm³/mol. The van der Waals surface area contributed by atoms with Crippen molar-refractivity contribution in [2.45, 2.75) is 19.4 Å². The second kappa shape index (κ2) is 6.18. The molecule has 0 spiro atoms. The fraction of sp³-hybridized carbons (Fsp3) is 0.308. The number of halogens is 1. The Morgan fingerprint density at radius 3 is 2.89 bits per heavy atom. The van der Waals surface area contributed by atoms with Gasteiger partial charge < -0.3 is 10.5 Å². The third-order valence-corrected chi connectivity index (χ3v) is 3.69. The third kappa shape index (κ3) is 3.45. The van der Waals surface area contributed by atoms with Crippen LogP contribution in [0.25, 0.3) is 0 Å². The van der Waals surface area contributed by atoms with Gasteiger partial charge in [-0.25, -0.2) is 4.98 Å². The van der Waals surface area contributed by atoms with Crippen LogP contribution in [0.3, 0.4) is 0 Å². The molecule has 0 amide bonds. The molecule has 0 saturated carbocycles. The second-order valence-corrected chi connectivity index (χ2v) is 5.33. The van der Waals surface area contributed by atoms with Crippen molar-refractivity contribution >= 4 is 22.9 Å². The molecule has 0 saturated heterocycles. The van der Waals surface area contributed by atoms with Gasteiger partial charge in [0, 0.05) is 17.8 Å². The summed E-state index contributed by atoms with van der Waals surface area (Å²) in [6.45, 7) is 2.49. The first-order valence-electron chi connectivity index (χ1n) is 5.74. The van der Waals surface area contributed by atoms with E-state index in [1.807, 2.05) is 36.6 Å². The molecule has 0 aliphatic carbocycles. The maximum absolute atomic E-state index is 6.00. The quantitative estimate of drug-likeness (QED) is 0.914. The summed E-state index contributed by atoms with van der Waals surface area (Å²) >= 11 is 7.61. The van der Waals surface area contributed by atoms with Crippen molar-refractivity contribution in [2.24, 2.45) is 5.73 Å². The molecule has 0 radical (unpaired) electrons. The highest BCUT2D eigenvalue weighted by Crippen LogP contribution is 2.23. The van der Waals surface area contributed by atoms with E-state index in [1.165, 1.54) is 0 Å². The molecule has 2 N–H and O–H groups in total. The first kappa shape index (κ1) is 13.3. The number of hydrogen-bond donors (Lipinski definition) is 1. The monoisotopic (exact) mass is 282 g/mol. The molecule has 1 heterocycles. The fourth-order valence-corrected chi connectivity index (χ4v) is 2.53. The first-order valence-corrected chi connectivity index (χ1v) is 7.00. The zero-order chi connectivity index (χ0) is 13.0. The van der Waals surface area contributed by atoms with Gasteiger partial charge in [-0.1, -0.05) is 23.7 Å². The largest absolute Gasteiger partial charge is 0.492 e. The van der Waals surface area contributed by atoms with Gasteiger partial charge >= 0.3 is 0 Å². The van der Waals surface area contributed by atoms with Crippen molar-refractivity contribution in [2.75, 3.05) is 6.61 Å². The molecule has 0 aliphatic rings. The second-order valence-electron chi connectivity index (χ2n) is 3.98. The molecule has 2 rings (SSSR count). The molecule has 0 aliphatic heterocycles. The molecular weight excluding hydrogens is 268 g/mol. The van der Waals surface area contributed by atoms with Crippen LogP contribution in [0, 0.1) is 0 Å². The van der Waals surface area contributed by atoms with Gasteiger partial charge in [0.15, 0.2) is 0 Å². The topological polar surface area (TPSA) is 48.1 Å². The van der Waals surface area contributed by atoms with Crippen LogP contribution in [0.2, 0.25) is 5.02 Å². The van der Waals surface area contributed by atoms with Crippen molar-refractivity contribution in [1.82, 2.24) is 4.98 Å². The number of thiazole rings is 1. The SMILES string of the molecule is CC(N)c1csc(CCOc2ccccc2Cl)n1. The Labute approximate surface area is 116 Å². The van der Waals surface area contributed by atoms with Gasteiger partial charge in [0.2, 0.25) is 0 Å². The van der Waals surface area contributed by atoms with Crippen LogP contribution in [0.5, 0.6) is 5.75 Å². The van der Waals surface area contributed by atoms with E-state index in [1.54, 1.807) is 11.3 Å². The summed E-state index contributed by atoms with van der Waals surface area (Å²) in [5.74, 6) is 0.711. The molecule has 1 unspecified atom stereocenters. The third-order valence-electron chi connectivity index (χ3n) is 2.45. The van der Waals surface area contributed by atoms with E-state index < -0.39 is 0 Å². The summed E-state index contributed by atoms with van der Waals surface area (Å²) in [6, 6.07) is 7.44. The minimum atomic E-state index is -0.0144. The summed E-state index contributed by atoms with van der Waals surface area (Å²) in [7, 11) is 0. The molecule has 2 aromatic rings. The Balaban J connectivity index is 1.87. The number of nitrogens with zero attached hydrogens (tertiary/aromatic N) is 1. The standard InChI is InChI=1S/C13H15ClN2OS/c1-9(15)11-8-18-13(16-11)6-7-17-12-5-3-2-4-10(12)14/h2-5,8-9H,6-7,15H2,1H3. The van der Waals surface area contributed by atoms with Gasteiger partial charge in [-0.2, -0.15) is 0 Å². The average molecular weight is 283 g/mol. The summed E-state index contributed by atoms with van der Waals surface area (Å²) in [5, 5.41) is 3.66. The number of hydrogen-bond acceptors (Lipinski definition) is 4. The lowest BCUT2D eigenvalue weighted by molar-refractivity contribution is 0.322. The minimum absolute atomic E-state index is 0.0144. The Morgan fingerprint density at radius 2 is 2.22 bits per heavy atom. The van der Waals surface area contributed by atoms with Crippen molar-refractivity contribution in [3.05, 3.63) is 45.4 Å². The molecule has 0 fully saturated rings. The molecular formula is C13H15ClN2OS. The van der Waals surface area contributed by atoms with Crippen molar-refractivity contribution < 1.29 is 4.74 Å². The Hall–Kier alpha value is -1.10. The molecule has 1 aromatic heterocycles. The van der Waals surface area contributed by atoms with Gasteiger partial charge in [0.05, 0.1) is 22.3 Å². The number of ether oxygens (including phenoxy) is 1. The minimum Gasteiger partial charge on any atom is -0.492 e. The van der Waals surface area contributed by atoms with E-state index in [0.29, 0.717) is 17.4 Å². The zero-order valence-corrected chi connectivity index (χ0v) is 11.7. The van der Waals surface area contributed by atoms with Crippen LogP contribution in [-0.2, 0) is 6.42 Å². The van der Waals surface area contributed by atoms with E-state index in [2.05, 4.69) is 4.98 Å². The van der Waals surface area contributed by atoms with Crippen LogP contribution in [-0.4, -0.2) is 11.6 Å². The van der Waals surface area contributed by atoms with Gasteiger partial charge in [0.1, 0.15) is 5.75 Å². The van der Waals surface area contributed by atoms with Crippen LogP contribution >= 0.6 is 22.9 Å². The highest BCUT2D eigenvalue weighted by molar-refractivity contribution is 7.09. The van der Waals surface area contributed by atoms with Crippen molar-refractivity contribution in [1.29, 1.82) is 0 Å². The number of aromatic nitrogens is 1. The maximum Gasteiger partial charge on any atom is 0.137 e. The van der Waals surface area contributed by atoms with Gasteiger partial charge in [-0.15, -0.1) is 11.3 Å². The molecule has 1 atom stereocenters. The number of nitrogens with two attached hydrogens (primary N) is 1. The Morgan fingerprint density at radius 1 is 1.44 bits per heavy atom. The molecule has 0 bridgehead atoms. The summed E-state index contributed by atoms with van der Waals surface area (Å²) in [5.41, 5.74) is 6.70. The predicted octanol–water partition coefficient (Wildman–Crippen LogP) is 3.44. The van der Waals surface area contributed by atoms with Crippen molar-refractivity contribution in [3.63, 3.8) is 0 Å². The van der Waals surface area contributed by atoms with E-state index in [4.69, 9.17) is 22.1 Å². The Kier molecular flexibility index (Phi) is 4.58. The highest BCUT2D eigenvalue weighted by atomic mass is 35.5. The van der Waals surface area contributed by atoms with Crippen LogP contribution in [0.1, 0.15) is 23.7 Å². The van der Waals surface area contributed by atoms with E-state index >= 15 is 0 Å². The smallest absolute Gasteiger partial charge is 0.137 e. The average Bonchev–Trinajstić information content (AvgIpc) is 2.80. The normalized spacial score (nSPS) is 12.4. The van der Waals surface area contributed by atoms with Gasteiger partial charge in [-0.05, 0) is 19.1 Å². The lowest BCUT2D eigenvalue weighted by Crippen LogP contribution is -2.06. The van der Waals surface area contributed by atoms with Crippen molar-refractivity contribution in [3.8, 4) is 5.75 Å². The fourth-order valence-electron chi connectivity index (χ4n) is 1.46. The van der Waals surface area contributed by atoms with Gasteiger partial charge in [-0.3, -0.25) is 0 Å². The van der Waals surface area contributed by atoms with E-state index in [-0.39, 0.29) is 6.04 Å². The van der Waals surface area contributed by atoms with Gasteiger partial charge in [0.25, 0.3) is 0 Å².